The van der Waals surface area contributed by atoms with E-state index in [0.717, 1.165) is 4.90 Å². The first kappa shape index (κ1) is 20.3. The van der Waals surface area contributed by atoms with Gasteiger partial charge in [-0.25, -0.2) is 0 Å². The predicted octanol–water partition coefficient (Wildman–Crippen LogP) is -1.37. The van der Waals surface area contributed by atoms with Crippen LogP contribution in [0.5, 0.6) is 0 Å². The van der Waals surface area contributed by atoms with Gasteiger partial charge < -0.3 is 15.5 Å². The summed E-state index contributed by atoms with van der Waals surface area (Å²) in [6.45, 7) is 1.60. The molecule has 4 N–H and O–H groups in total. The van der Waals surface area contributed by atoms with E-state index in [1.807, 2.05) is 0 Å². The number of nitrogens with one attached hydrogen (secondary N) is 1. The number of carboxylic acid groups (broad SMARTS) is 2. The van der Waals surface area contributed by atoms with Crippen LogP contribution in [0.3, 0.4) is 0 Å². The van der Waals surface area contributed by atoms with Crippen molar-refractivity contribution in [1.29, 1.82) is 0 Å². The molecule has 0 aliphatic rings. The van der Waals surface area contributed by atoms with E-state index in [1.165, 1.54) is 13.8 Å². The maximum Gasteiger partial charge on any atom is 0.317 e. The van der Waals surface area contributed by atoms with E-state index in [0.29, 0.717) is 0 Å². The van der Waals surface area contributed by atoms with Gasteiger partial charge in [0.2, 0.25) is 5.91 Å². The van der Waals surface area contributed by atoms with E-state index in [1.54, 1.807) is 0 Å². The molecule has 1 amide bonds. The summed E-state index contributed by atoms with van der Waals surface area (Å²) in [4.78, 5) is 34.0. The molecule has 0 spiro atoms. The Hall–Kier alpha value is -1.72. The number of carboxylic acids is 2. The molecule has 0 fully saturated rings. The monoisotopic (exact) mass is 340 g/mol. The Balaban J connectivity index is 4.51. The molecule has 0 saturated carbocycles. The lowest BCUT2D eigenvalue weighted by Gasteiger charge is -2.25. The summed E-state index contributed by atoms with van der Waals surface area (Å²) in [7, 11) is -4.27. The summed E-state index contributed by atoms with van der Waals surface area (Å²) in [5.74, 6) is -3.73. The second kappa shape index (κ2) is 8.06. The van der Waals surface area contributed by atoms with E-state index in [-0.39, 0.29) is 13.0 Å². The fourth-order valence-electron chi connectivity index (χ4n) is 1.79. The summed E-state index contributed by atoms with van der Waals surface area (Å²) < 4.78 is 30.4. The quantitative estimate of drug-likeness (QED) is 0.351. The minimum absolute atomic E-state index is 0.119. The number of aliphatic carboxylic acids is 2. The smallest absolute Gasteiger partial charge is 0.317 e. The molecule has 0 radical (unpaired) electrons. The second-order valence-corrected chi connectivity index (χ2v) is 6.86. The van der Waals surface area contributed by atoms with Crippen LogP contribution in [0.4, 0.5) is 0 Å². The lowest BCUT2D eigenvalue weighted by Crippen LogP contribution is -2.49. The molecule has 0 heterocycles. The van der Waals surface area contributed by atoms with Crippen LogP contribution in [-0.2, 0) is 24.5 Å². The Bertz CT molecular complexity index is 512. The molecule has 11 heteroatoms. The minimum atomic E-state index is -4.27. The van der Waals surface area contributed by atoms with Crippen molar-refractivity contribution in [2.24, 2.45) is 0 Å². The second-order valence-electron chi connectivity index (χ2n) is 5.41. The Morgan fingerprint density at radius 3 is 1.91 bits per heavy atom. The molecule has 0 rings (SSSR count). The zero-order valence-electron chi connectivity index (χ0n) is 12.3. The highest BCUT2D eigenvalue weighted by molar-refractivity contribution is 7.85. The summed E-state index contributed by atoms with van der Waals surface area (Å²) in [6.07, 6.45) is -0.213. The van der Waals surface area contributed by atoms with Crippen LogP contribution in [0, 0.1) is 0 Å². The van der Waals surface area contributed by atoms with Crippen LogP contribution >= 0.6 is 0 Å². The fourth-order valence-corrected chi connectivity index (χ4v) is 2.77. The third-order valence-electron chi connectivity index (χ3n) is 2.39. The molecule has 128 valence electrons. The first-order valence-electron chi connectivity index (χ1n) is 6.23. The molecular weight excluding hydrogens is 320 g/mol. The standard InChI is InChI=1S/C11H20N2O8S/c1-11(2,7-22(19,20)21)12-8(14)3-4-13(5-9(15)16)6-10(17)18/h3-7H2,1-2H3,(H,12,14)(H,15,16)(H,17,18)(H,19,20,21). The first-order chi connectivity index (χ1) is 9.81. The Morgan fingerprint density at radius 1 is 1.09 bits per heavy atom. The van der Waals surface area contributed by atoms with Crippen LogP contribution in [-0.4, -0.2) is 76.9 Å². The van der Waals surface area contributed by atoms with Crippen molar-refractivity contribution in [1.82, 2.24) is 10.2 Å². The molecule has 0 bridgehead atoms. The van der Waals surface area contributed by atoms with Gasteiger partial charge in [-0.05, 0) is 13.8 Å². The van der Waals surface area contributed by atoms with E-state index in [9.17, 15) is 22.8 Å². The van der Waals surface area contributed by atoms with Crippen molar-refractivity contribution in [2.75, 3.05) is 25.4 Å². The molecule has 0 aromatic carbocycles. The molecule has 0 aromatic heterocycles. The molecule has 0 unspecified atom stereocenters. The zero-order chi connectivity index (χ0) is 17.6. The Labute approximate surface area is 127 Å². The number of nitrogens with zero attached hydrogens (tertiary/aromatic N) is 1. The van der Waals surface area contributed by atoms with Crippen LogP contribution in [0.15, 0.2) is 0 Å². The first-order valence-corrected chi connectivity index (χ1v) is 7.84. The van der Waals surface area contributed by atoms with Gasteiger partial charge in [0.1, 0.15) is 0 Å². The average molecular weight is 340 g/mol. The van der Waals surface area contributed by atoms with Crippen LogP contribution in [0.1, 0.15) is 20.3 Å². The van der Waals surface area contributed by atoms with Gasteiger partial charge in [-0.1, -0.05) is 0 Å². The third-order valence-corrected chi connectivity index (χ3v) is 3.48. The summed E-state index contributed by atoms with van der Waals surface area (Å²) >= 11 is 0. The number of rotatable bonds is 10. The maximum absolute atomic E-state index is 11.7. The average Bonchev–Trinajstić information content (AvgIpc) is 2.19. The molecule has 22 heavy (non-hydrogen) atoms. The summed E-state index contributed by atoms with van der Waals surface area (Å²) in [6, 6.07) is 0. The normalized spacial score (nSPS) is 12.2. The number of hydrogen-bond acceptors (Lipinski definition) is 6. The van der Waals surface area contributed by atoms with E-state index >= 15 is 0 Å². The predicted molar refractivity (Wildman–Crippen MR) is 75.0 cm³/mol. The maximum atomic E-state index is 11.7. The highest BCUT2D eigenvalue weighted by Crippen LogP contribution is 2.06. The van der Waals surface area contributed by atoms with Crippen LogP contribution < -0.4 is 5.32 Å². The van der Waals surface area contributed by atoms with Gasteiger partial charge in [0.05, 0.1) is 24.4 Å². The molecule has 0 aliphatic carbocycles. The van der Waals surface area contributed by atoms with Gasteiger partial charge in [-0.15, -0.1) is 0 Å². The van der Waals surface area contributed by atoms with Crippen molar-refractivity contribution >= 4 is 28.0 Å². The number of hydrogen-bond donors (Lipinski definition) is 4. The molecule has 0 saturated heterocycles. The van der Waals surface area contributed by atoms with Crippen molar-refractivity contribution in [3.8, 4) is 0 Å². The largest absolute Gasteiger partial charge is 0.480 e. The van der Waals surface area contributed by atoms with Crippen molar-refractivity contribution in [3.63, 3.8) is 0 Å². The SMILES string of the molecule is CC(C)(CS(=O)(=O)O)NC(=O)CCN(CC(=O)O)CC(=O)O. The van der Waals surface area contributed by atoms with Crippen LogP contribution in [0.25, 0.3) is 0 Å². The van der Waals surface area contributed by atoms with Crippen molar-refractivity contribution < 1.29 is 37.6 Å². The minimum Gasteiger partial charge on any atom is -0.480 e. The van der Waals surface area contributed by atoms with Crippen molar-refractivity contribution in [3.05, 3.63) is 0 Å². The number of carbonyl (C=O) groups is 3. The van der Waals surface area contributed by atoms with Gasteiger partial charge in [0, 0.05) is 13.0 Å². The van der Waals surface area contributed by atoms with E-state index in [2.05, 4.69) is 5.32 Å². The van der Waals surface area contributed by atoms with Gasteiger partial charge in [0.25, 0.3) is 10.1 Å². The lowest BCUT2D eigenvalue weighted by molar-refractivity contribution is -0.142. The van der Waals surface area contributed by atoms with E-state index < -0.39 is 52.3 Å². The number of amides is 1. The highest BCUT2D eigenvalue weighted by atomic mass is 32.2. The summed E-state index contributed by atoms with van der Waals surface area (Å²) in [5, 5.41) is 19.7. The molecule has 0 atom stereocenters. The van der Waals surface area contributed by atoms with Gasteiger partial charge in [-0.3, -0.25) is 23.8 Å². The van der Waals surface area contributed by atoms with Crippen molar-refractivity contribution in [2.45, 2.75) is 25.8 Å². The van der Waals surface area contributed by atoms with Gasteiger partial charge >= 0.3 is 11.9 Å². The lowest BCUT2D eigenvalue weighted by atomic mass is 10.1. The van der Waals surface area contributed by atoms with Crippen LogP contribution in [0.2, 0.25) is 0 Å². The molecular formula is C11H20N2O8S. The van der Waals surface area contributed by atoms with Gasteiger partial charge in [-0.2, -0.15) is 8.42 Å². The number of carbonyl (C=O) groups excluding carboxylic acids is 1. The Kier molecular flexibility index (Phi) is 7.43. The third kappa shape index (κ3) is 11.0. The fraction of sp³-hybridized carbons (Fsp3) is 0.727. The topological polar surface area (TPSA) is 161 Å². The zero-order valence-corrected chi connectivity index (χ0v) is 13.1. The highest BCUT2D eigenvalue weighted by Gasteiger charge is 2.26. The Morgan fingerprint density at radius 2 is 1.55 bits per heavy atom. The van der Waals surface area contributed by atoms with Gasteiger partial charge in [0.15, 0.2) is 0 Å². The summed E-state index contributed by atoms with van der Waals surface area (Å²) in [5.41, 5.74) is -1.21. The molecule has 0 aromatic rings. The molecule has 0 aliphatic heterocycles. The molecule has 10 nitrogen and oxygen atoms in total. The van der Waals surface area contributed by atoms with E-state index in [4.69, 9.17) is 14.8 Å².